The Kier molecular flexibility index (Phi) is 7.10. The zero-order chi connectivity index (χ0) is 25.7. The Morgan fingerprint density at radius 2 is 1.78 bits per heavy atom. The summed E-state index contributed by atoms with van der Waals surface area (Å²) in [4.78, 5) is 47.9. The van der Waals surface area contributed by atoms with Crippen molar-refractivity contribution in [2.45, 2.75) is 26.4 Å². The van der Waals surface area contributed by atoms with Crippen LogP contribution in [0, 0.1) is 6.92 Å². The number of hydrogen-bond acceptors (Lipinski definition) is 7. The van der Waals surface area contributed by atoms with Crippen LogP contribution in [0.4, 0.5) is 11.5 Å². The van der Waals surface area contributed by atoms with Crippen molar-refractivity contribution in [2.24, 2.45) is 4.99 Å². The number of nitrogens with two attached hydrogens (primary N) is 1. The summed E-state index contributed by atoms with van der Waals surface area (Å²) in [7, 11) is 0. The minimum atomic E-state index is -1.11. The molecule has 36 heavy (non-hydrogen) atoms. The van der Waals surface area contributed by atoms with Crippen LogP contribution in [0.3, 0.4) is 0 Å². The standard InChI is InChI=1S/C25H24N6O5/c1-16-5-7-17(8-6-16)15-31-23(29-24(34)30(25(31)35)14-13-22(32)33)27-18-9-11-19(12-10-18)36-21-4-2-3-20(26)28-21/h2-12H,13-15H2,1H3,(H2,26,28)(H,32,33)(H,27,29,34). The van der Waals surface area contributed by atoms with Gasteiger partial charge in [-0.3, -0.25) is 14.3 Å². The summed E-state index contributed by atoms with van der Waals surface area (Å²) in [5, 5.41) is 8.99. The molecule has 0 amide bonds. The van der Waals surface area contributed by atoms with Gasteiger partial charge in [0.25, 0.3) is 0 Å². The van der Waals surface area contributed by atoms with Gasteiger partial charge in [-0.25, -0.2) is 19.1 Å². The van der Waals surface area contributed by atoms with Crippen LogP contribution in [0.15, 0.2) is 81.3 Å². The Morgan fingerprint density at radius 3 is 2.44 bits per heavy atom. The van der Waals surface area contributed by atoms with E-state index < -0.39 is 17.3 Å². The lowest BCUT2D eigenvalue weighted by atomic mass is 10.1. The van der Waals surface area contributed by atoms with E-state index in [0.717, 1.165) is 15.7 Å². The van der Waals surface area contributed by atoms with Gasteiger partial charge in [0.1, 0.15) is 11.6 Å². The predicted octanol–water partition coefficient (Wildman–Crippen LogP) is 2.17. The number of ether oxygens (including phenoxy) is 1. The third-order valence-corrected chi connectivity index (χ3v) is 5.23. The third-order valence-electron chi connectivity index (χ3n) is 5.23. The van der Waals surface area contributed by atoms with E-state index in [2.05, 4.69) is 15.0 Å². The number of nitrogen functional groups attached to an aromatic ring is 1. The fraction of sp³-hybridized carbons (Fsp3) is 0.160. The maximum absolute atomic E-state index is 13.2. The highest BCUT2D eigenvalue weighted by atomic mass is 16.5. The Balaban J connectivity index is 1.72. The summed E-state index contributed by atoms with van der Waals surface area (Å²) < 4.78 is 7.84. The molecule has 4 rings (SSSR count). The molecule has 0 aliphatic rings. The second kappa shape index (κ2) is 10.6. The molecule has 11 nitrogen and oxygen atoms in total. The van der Waals surface area contributed by atoms with Crippen molar-refractivity contribution < 1.29 is 14.6 Å². The molecule has 0 saturated heterocycles. The van der Waals surface area contributed by atoms with Gasteiger partial charge in [0.2, 0.25) is 11.5 Å². The van der Waals surface area contributed by atoms with Crippen LogP contribution >= 0.6 is 0 Å². The molecule has 4 aromatic rings. The molecule has 2 aromatic carbocycles. The molecule has 0 atom stereocenters. The number of H-pyrrole nitrogens is 1. The monoisotopic (exact) mass is 488 g/mol. The van der Waals surface area contributed by atoms with Gasteiger partial charge >= 0.3 is 17.3 Å². The van der Waals surface area contributed by atoms with Crippen LogP contribution < -0.4 is 27.5 Å². The van der Waals surface area contributed by atoms with Crippen molar-refractivity contribution in [1.82, 2.24) is 19.1 Å². The van der Waals surface area contributed by atoms with E-state index >= 15 is 0 Å². The molecule has 0 saturated carbocycles. The van der Waals surface area contributed by atoms with E-state index in [0.29, 0.717) is 23.1 Å². The lowest BCUT2D eigenvalue weighted by Crippen LogP contribution is -2.50. The number of pyridine rings is 1. The van der Waals surface area contributed by atoms with Crippen molar-refractivity contribution in [3.05, 3.63) is 104 Å². The van der Waals surface area contributed by atoms with Crippen LogP contribution in [-0.4, -0.2) is 30.2 Å². The molecular weight excluding hydrogens is 464 g/mol. The average Bonchev–Trinajstić information content (AvgIpc) is 2.83. The average molecular weight is 489 g/mol. The molecule has 0 aliphatic heterocycles. The summed E-state index contributed by atoms with van der Waals surface area (Å²) in [6, 6.07) is 19.3. The van der Waals surface area contributed by atoms with Crippen molar-refractivity contribution >= 4 is 17.5 Å². The number of nitrogens with one attached hydrogen (secondary N) is 1. The number of aryl methyl sites for hydroxylation is 1. The largest absolute Gasteiger partial charge is 0.481 e. The molecule has 0 spiro atoms. The number of carboxylic acids is 1. The number of anilines is 1. The molecule has 0 unspecified atom stereocenters. The molecule has 4 N–H and O–H groups in total. The van der Waals surface area contributed by atoms with E-state index in [1.807, 2.05) is 31.2 Å². The van der Waals surface area contributed by atoms with Gasteiger partial charge in [-0.2, -0.15) is 4.98 Å². The lowest BCUT2D eigenvalue weighted by Gasteiger charge is -2.11. The summed E-state index contributed by atoms with van der Waals surface area (Å²) >= 11 is 0. The van der Waals surface area contributed by atoms with E-state index in [1.165, 1.54) is 4.57 Å². The second-order valence-corrected chi connectivity index (χ2v) is 8.01. The number of nitrogens with zero attached hydrogens (tertiary/aromatic N) is 4. The Hall–Kier alpha value is -4.93. The molecular formula is C25H24N6O5. The first-order valence-electron chi connectivity index (χ1n) is 11.0. The number of carbonyl (C=O) groups is 1. The quantitative estimate of drug-likeness (QED) is 0.343. The number of benzene rings is 2. The van der Waals surface area contributed by atoms with Gasteiger partial charge in [-0.1, -0.05) is 35.9 Å². The maximum Gasteiger partial charge on any atom is 0.335 e. The van der Waals surface area contributed by atoms with Gasteiger partial charge in [0, 0.05) is 12.6 Å². The third kappa shape index (κ3) is 5.95. The van der Waals surface area contributed by atoms with Gasteiger partial charge in [0.15, 0.2) is 0 Å². The zero-order valence-electron chi connectivity index (χ0n) is 19.4. The van der Waals surface area contributed by atoms with Crippen LogP contribution in [0.2, 0.25) is 0 Å². The normalized spacial score (nSPS) is 11.4. The van der Waals surface area contributed by atoms with Gasteiger partial charge < -0.3 is 15.6 Å². The smallest absolute Gasteiger partial charge is 0.335 e. The Morgan fingerprint density at radius 1 is 1.06 bits per heavy atom. The molecule has 11 heteroatoms. The number of aromatic nitrogens is 4. The molecule has 2 heterocycles. The predicted molar refractivity (Wildman–Crippen MR) is 132 cm³/mol. The molecule has 2 aromatic heterocycles. The SMILES string of the molecule is Cc1ccc(Cn2c(=O)n(CCC(=O)O)c(=O)[nH]/c2=N\c2ccc(Oc3cccc(N)n3)cc2)cc1. The van der Waals surface area contributed by atoms with Crippen molar-refractivity contribution in [1.29, 1.82) is 0 Å². The highest BCUT2D eigenvalue weighted by Gasteiger charge is 2.11. The fourth-order valence-electron chi connectivity index (χ4n) is 3.38. The minimum absolute atomic E-state index is 0.0308. The fourth-order valence-corrected chi connectivity index (χ4v) is 3.38. The molecule has 184 valence electrons. The van der Waals surface area contributed by atoms with Crippen LogP contribution in [-0.2, 0) is 17.9 Å². The van der Waals surface area contributed by atoms with Crippen molar-refractivity contribution in [3.63, 3.8) is 0 Å². The molecule has 0 aliphatic carbocycles. The zero-order valence-corrected chi connectivity index (χ0v) is 19.4. The maximum atomic E-state index is 13.2. The van der Waals surface area contributed by atoms with E-state index in [-0.39, 0.29) is 25.1 Å². The van der Waals surface area contributed by atoms with Gasteiger partial charge in [0.05, 0.1) is 18.7 Å². The molecule has 0 fully saturated rings. The Bertz CT molecular complexity index is 1570. The number of carboxylic acid groups (broad SMARTS) is 1. The minimum Gasteiger partial charge on any atom is -0.481 e. The van der Waals surface area contributed by atoms with Gasteiger partial charge in [-0.15, -0.1) is 0 Å². The second-order valence-electron chi connectivity index (χ2n) is 8.01. The number of hydrogen-bond donors (Lipinski definition) is 3. The highest BCUT2D eigenvalue weighted by Crippen LogP contribution is 2.22. The number of rotatable bonds is 8. The van der Waals surface area contributed by atoms with Crippen molar-refractivity contribution in [2.75, 3.05) is 5.73 Å². The van der Waals surface area contributed by atoms with Crippen LogP contribution in [0.25, 0.3) is 0 Å². The first kappa shape index (κ1) is 24.2. The number of aliphatic carboxylic acids is 1. The van der Waals surface area contributed by atoms with Crippen LogP contribution in [0.5, 0.6) is 11.6 Å². The van der Waals surface area contributed by atoms with Crippen LogP contribution in [0.1, 0.15) is 17.5 Å². The molecule has 0 bridgehead atoms. The van der Waals surface area contributed by atoms with E-state index in [4.69, 9.17) is 15.6 Å². The first-order chi connectivity index (χ1) is 17.3. The molecule has 0 radical (unpaired) electrons. The number of aromatic amines is 1. The summed E-state index contributed by atoms with van der Waals surface area (Å²) in [6.07, 6.45) is -0.368. The summed E-state index contributed by atoms with van der Waals surface area (Å²) in [5.41, 5.74) is 6.63. The topological polar surface area (TPSA) is 158 Å². The van der Waals surface area contributed by atoms with E-state index in [9.17, 15) is 14.4 Å². The lowest BCUT2D eigenvalue weighted by molar-refractivity contribution is -0.137. The van der Waals surface area contributed by atoms with E-state index in [1.54, 1.807) is 42.5 Å². The van der Waals surface area contributed by atoms with Crippen molar-refractivity contribution in [3.8, 4) is 11.6 Å². The first-order valence-corrected chi connectivity index (χ1v) is 11.0. The van der Waals surface area contributed by atoms with Gasteiger partial charge in [-0.05, 0) is 42.8 Å². The Labute approximate surface area is 204 Å². The summed E-state index contributed by atoms with van der Waals surface area (Å²) in [5.74, 6) is 0.0530. The summed E-state index contributed by atoms with van der Waals surface area (Å²) in [6.45, 7) is 1.82. The highest BCUT2D eigenvalue weighted by molar-refractivity contribution is 5.66.